The number of hydrogen-bond donors (Lipinski definition) is 0. The molecule has 1 aromatic carbocycles. The van der Waals surface area contributed by atoms with E-state index in [0.717, 1.165) is 31.1 Å². The highest BCUT2D eigenvalue weighted by molar-refractivity contribution is 6.30. The summed E-state index contributed by atoms with van der Waals surface area (Å²) in [6.45, 7) is 2.09. The van der Waals surface area contributed by atoms with E-state index < -0.39 is 0 Å². The highest BCUT2D eigenvalue weighted by Gasteiger charge is 2.13. The van der Waals surface area contributed by atoms with Crippen LogP contribution in [-0.4, -0.2) is 11.3 Å². The summed E-state index contributed by atoms with van der Waals surface area (Å²) in [4.78, 5) is 15.1. The first kappa shape index (κ1) is 12.8. The van der Waals surface area contributed by atoms with Crippen LogP contribution < -0.4 is 0 Å². The molecule has 0 radical (unpaired) electrons. The third-order valence-corrected chi connectivity index (χ3v) is 2.94. The van der Waals surface area contributed by atoms with Crippen molar-refractivity contribution in [2.24, 2.45) is 0 Å². The molecule has 0 N–H and O–H groups in total. The topological polar surface area (TPSA) is 43.1 Å². The Morgan fingerprint density at radius 1 is 1.33 bits per heavy atom. The van der Waals surface area contributed by atoms with E-state index in [0.29, 0.717) is 22.4 Å². The molecule has 0 fully saturated rings. The van der Waals surface area contributed by atoms with E-state index in [1.165, 1.54) is 0 Å². The molecule has 0 aliphatic rings. The Bertz CT molecular complexity index is 531. The van der Waals surface area contributed by atoms with Crippen molar-refractivity contribution in [3.05, 3.63) is 40.7 Å². The summed E-state index contributed by atoms with van der Waals surface area (Å²) in [6.07, 6.45) is 3.52. The Hall–Kier alpha value is -1.61. The summed E-state index contributed by atoms with van der Waals surface area (Å²) in [7, 11) is 0. The van der Waals surface area contributed by atoms with Crippen molar-refractivity contribution in [3.8, 4) is 11.5 Å². The summed E-state index contributed by atoms with van der Waals surface area (Å²) in [5.74, 6) is 1.14. The summed E-state index contributed by atoms with van der Waals surface area (Å²) < 4.78 is 5.65. The molecular formula is C14H14ClNO2. The maximum atomic E-state index is 10.9. The number of benzene rings is 1. The van der Waals surface area contributed by atoms with E-state index in [9.17, 15) is 4.79 Å². The molecule has 94 valence electrons. The van der Waals surface area contributed by atoms with Gasteiger partial charge in [0.1, 0.15) is 11.5 Å². The fraction of sp³-hybridized carbons (Fsp3) is 0.286. The Morgan fingerprint density at radius 2 is 2.06 bits per heavy atom. The lowest BCUT2D eigenvalue weighted by Crippen LogP contribution is -1.88. The van der Waals surface area contributed by atoms with Gasteiger partial charge >= 0.3 is 0 Å². The van der Waals surface area contributed by atoms with Gasteiger partial charge < -0.3 is 4.42 Å². The fourth-order valence-corrected chi connectivity index (χ4v) is 1.81. The van der Waals surface area contributed by atoms with Gasteiger partial charge in [-0.15, -0.1) is 0 Å². The van der Waals surface area contributed by atoms with E-state index in [4.69, 9.17) is 16.0 Å². The molecule has 3 nitrogen and oxygen atoms in total. The number of rotatable bonds is 5. The summed E-state index contributed by atoms with van der Waals surface area (Å²) in [5.41, 5.74) is 1.22. The van der Waals surface area contributed by atoms with Crippen LogP contribution in [0.15, 0.2) is 28.7 Å². The van der Waals surface area contributed by atoms with Crippen LogP contribution in [0.3, 0.4) is 0 Å². The van der Waals surface area contributed by atoms with Gasteiger partial charge in [0.15, 0.2) is 6.29 Å². The number of aldehydes is 1. The minimum atomic E-state index is 0.397. The molecule has 18 heavy (non-hydrogen) atoms. The second-order valence-corrected chi connectivity index (χ2v) is 4.49. The van der Waals surface area contributed by atoms with Crippen molar-refractivity contribution in [2.75, 3.05) is 0 Å². The standard InChI is InChI=1S/C14H14ClNO2/c1-2-3-4-13-12(9-17)16-14(18-13)10-5-7-11(15)8-6-10/h5-9H,2-4H2,1H3. The summed E-state index contributed by atoms with van der Waals surface area (Å²) >= 11 is 5.82. The Kier molecular flexibility index (Phi) is 4.15. The van der Waals surface area contributed by atoms with Crippen molar-refractivity contribution < 1.29 is 9.21 Å². The van der Waals surface area contributed by atoms with Crippen LogP contribution >= 0.6 is 11.6 Å². The van der Waals surface area contributed by atoms with Gasteiger partial charge in [0.25, 0.3) is 0 Å². The molecule has 0 bridgehead atoms. The molecule has 0 spiro atoms. The van der Waals surface area contributed by atoms with Gasteiger partial charge in [-0.05, 0) is 30.7 Å². The smallest absolute Gasteiger partial charge is 0.226 e. The lowest BCUT2D eigenvalue weighted by Gasteiger charge is -1.96. The molecule has 0 amide bonds. The molecule has 0 saturated heterocycles. The SMILES string of the molecule is CCCCc1oc(-c2ccc(Cl)cc2)nc1C=O. The monoisotopic (exact) mass is 263 g/mol. The Labute approximate surface area is 111 Å². The molecule has 2 rings (SSSR count). The van der Waals surface area contributed by atoms with E-state index in [1.54, 1.807) is 12.1 Å². The minimum Gasteiger partial charge on any atom is -0.440 e. The number of halogens is 1. The lowest BCUT2D eigenvalue weighted by molar-refractivity contribution is 0.111. The van der Waals surface area contributed by atoms with Gasteiger partial charge in [0.05, 0.1) is 0 Å². The maximum absolute atomic E-state index is 10.9. The van der Waals surface area contributed by atoms with Crippen LogP contribution in [0, 0.1) is 0 Å². The predicted molar refractivity (Wildman–Crippen MR) is 70.9 cm³/mol. The van der Waals surface area contributed by atoms with Crippen LogP contribution in [0.25, 0.3) is 11.5 Å². The van der Waals surface area contributed by atoms with Crippen molar-refractivity contribution in [1.29, 1.82) is 0 Å². The molecule has 0 unspecified atom stereocenters. The fourth-order valence-electron chi connectivity index (χ4n) is 1.69. The van der Waals surface area contributed by atoms with Gasteiger partial charge in [-0.2, -0.15) is 0 Å². The number of hydrogen-bond acceptors (Lipinski definition) is 3. The molecular weight excluding hydrogens is 250 g/mol. The number of carbonyl (C=O) groups excluding carboxylic acids is 1. The van der Waals surface area contributed by atoms with Crippen LogP contribution in [0.4, 0.5) is 0 Å². The number of aromatic nitrogens is 1. The van der Waals surface area contributed by atoms with Gasteiger partial charge in [-0.1, -0.05) is 24.9 Å². The zero-order chi connectivity index (χ0) is 13.0. The van der Waals surface area contributed by atoms with Crippen molar-refractivity contribution >= 4 is 17.9 Å². The Morgan fingerprint density at radius 3 is 2.67 bits per heavy atom. The van der Waals surface area contributed by atoms with Gasteiger partial charge in [-0.3, -0.25) is 4.79 Å². The minimum absolute atomic E-state index is 0.397. The van der Waals surface area contributed by atoms with Gasteiger partial charge in [0, 0.05) is 17.0 Å². The van der Waals surface area contributed by atoms with Crippen molar-refractivity contribution in [3.63, 3.8) is 0 Å². The number of nitrogens with zero attached hydrogens (tertiary/aromatic N) is 1. The van der Waals surface area contributed by atoms with Crippen LogP contribution in [0.1, 0.15) is 36.0 Å². The molecule has 0 aliphatic carbocycles. The largest absolute Gasteiger partial charge is 0.440 e. The van der Waals surface area contributed by atoms with Crippen molar-refractivity contribution in [1.82, 2.24) is 4.98 Å². The quantitative estimate of drug-likeness (QED) is 0.761. The molecule has 0 aliphatic heterocycles. The van der Waals surface area contributed by atoms with Gasteiger partial charge in [0.2, 0.25) is 5.89 Å². The highest BCUT2D eigenvalue weighted by Crippen LogP contribution is 2.24. The molecule has 0 saturated carbocycles. The molecule has 2 aromatic rings. The molecule has 1 aromatic heterocycles. The number of oxazole rings is 1. The molecule has 4 heteroatoms. The number of carbonyl (C=O) groups is 1. The third kappa shape index (κ3) is 2.79. The molecule has 0 atom stereocenters. The second kappa shape index (κ2) is 5.83. The first-order chi connectivity index (χ1) is 8.74. The predicted octanol–water partition coefficient (Wildman–Crippen LogP) is 4.15. The van der Waals surface area contributed by atoms with E-state index >= 15 is 0 Å². The van der Waals surface area contributed by atoms with E-state index in [2.05, 4.69) is 11.9 Å². The van der Waals surface area contributed by atoms with E-state index in [-0.39, 0.29) is 0 Å². The van der Waals surface area contributed by atoms with Crippen LogP contribution in [0.2, 0.25) is 5.02 Å². The normalized spacial score (nSPS) is 10.6. The van der Waals surface area contributed by atoms with Crippen LogP contribution in [0.5, 0.6) is 0 Å². The zero-order valence-corrected chi connectivity index (χ0v) is 10.9. The van der Waals surface area contributed by atoms with Crippen molar-refractivity contribution in [2.45, 2.75) is 26.2 Å². The van der Waals surface area contributed by atoms with Gasteiger partial charge in [-0.25, -0.2) is 4.98 Å². The van der Waals surface area contributed by atoms with Crippen LogP contribution in [-0.2, 0) is 6.42 Å². The zero-order valence-electron chi connectivity index (χ0n) is 10.1. The van der Waals surface area contributed by atoms with E-state index in [1.807, 2.05) is 12.1 Å². The maximum Gasteiger partial charge on any atom is 0.226 e. The Balaban J connectivity index is 2.31. The third-order valence-electron chi connectivity index (χ3n) is 2.69. The average molecular weight is 264 g/mol. The highest BCUT2D eigenvalue weighted by atomic mass is 35.5. The number of aryl methyl sites for hydroxylation is 1. The second-order valence-electron chi connectivity index (χ2n) is 4.06. The first-order valence-corrected chi connectivity index (χ1v) is 6.33. The summed E-state index contributed by atoms with van der Waals surface area (Å²) in [6, 6.07) is 7.19. The lowest BCUT2D eigenvalue weighted by atomic mass is 10.2. The number of unbranched alkanes of at least 4 members (excludes halogenated alkanes) is 1. The summed E-state index contributed by atoms with van der Waals surface area (Å²) in [5, 5.41) is 0.659. The average Bonchev–Trinajstić information content (AvgIpc) is 2.80. The molecule has 1 heterocycles. The first-order valence-electron chi connectivity index (χ1n) is 5.95.